The highest BCUT2D eigenvalue weighted by Crippen LogP contribution is 2.24. The van der Waals surface area contributed by atoms with Gasteiger partial charge >= 0.3 is 0 Å². The van der Waals surface area contributed by atoms with Gasteiger partial charge in [0.25, 0.3) is 11.6 Å². The Morgan fingerprint density at radius 2 is 1.62 bits per heavy atom. The van der Waals surface area contributed by atoms with Crippen LogP contribution < -0.4 is 10.5 Å². The van der Waals surface area contributed by atoms with Gasteiger partial charge in [-0.1, -0.05) is 0 Å². The van der Waals surface area contributed by atoms with E-state index in [-0.39, 0.29) is 5.69 Å². The molecule has 0 heterocycles. The van der Waals surface area contributed by atoms with Gasteiger partial charge in [0.15, 0.2) is 0 Å². The highest BCUT2D eigenvalue weighted by Gasteiger charge is 2.06. The van der Waals surface area contributed by atoms with Crippen molar-refractivity contribution < 1.29 is 14.5 Å². The van der Waals surface area contributed by atoms with Gasteiger partial charge in [0.05, 0.1) is 11.3 Å². The topological polar surface area (TPSA) is 108 Å². The van der Waals surface area contributed by atoms with Gasteiger partial charge in [-0.25, -0.2) is 0 Å². The van der Waals surface area contributed by atoms with E-state index in [1.54, 1.807) is 24.3 Å². The maximum atomic E-state index is 11.4. The number of rotatable bonds is 4. The lowest BCUT2D eigenvalue weighted by molar-refractivity contribution is -0.384. The summed E-state index contributed by atoms with van der Waals surface area (Å²) in [4.78, 5) is 24.9. The van der Waals surface area contributed by atoms with Gasteiger partial charge in [0, 0.05) is 17.7 Å². The van der Waals surface area contributed by atoms with Crippen LogP contribution in [-0.2, 0) is 0 Å². The number of carbonyl (C=O) groups excluding carboxylic acids is 1. The first kappa shape index (κ1) is 14.2. The number of carbonyl (C=O) groups is 1. The molecule has 7 nitrogen and oxygen atoms in total. The number of aliphatic imine (C=N–C) groups is 1. The number of hydrogen-bond donors (Lipinski definition) is 1. The Labute approximate surface area is 119 Å². The molecule has 0 spiro atoms. The maximum Gasteiger partial charge on any atom is 0.278 e. The Bertz CT molecular complexity index is 678. The molecule has 2 rings (SSSR count). The number of benzene rings is 2. The van der Waals surface area contributed by atoms with Crippen LogP contribution in [0.1, 0.15) is 10.4 Å². The fraction of sp³-hybridized carbons (Fsp3) is 0. The molecule has 0 fully saturated rings. The molecule has 7 heteroatoms. The van der Waals surface area contributed by atoms with Crippen molar-refractivity contribution in [3.63, 3.8) is 0 Å². The molecule has 0 aliphatic heterocycles. The number of nitro benzene ring substituents is 1. The SMILES string of the molecule is NC=NC(=O)c1ccc(Oc2ccc([N+](=O)[O-])cc2)cc1. The van der Waals surface area contributed by atoms with Gasteiger partial charge in [0.1, 0.15) is 11.5 Å². The van der Waals surface area contributed by atoms with E-state index in [0.29, 0.717) is 17.1 Å². The van der Waals surface area contributed by atoms with Crippen LogP contribution in [0, 0.1) is 10.1 Å². The van der Waals surface area contributed by atoms with Gasteiger partial charge in [-0.2, -0.15) is 4.99 Å². The summed E-state index contributed by atoms with van der Waals surface area (Å²) in [6.45, 7) is 0. The molecule has 0 bridgehead atoms. The van der Waals surface area contributed by atoms with Gasteiger partial charge < -0.3 is 10.5 Å². The van der Waals surface area contributed by atoms with Crippen molar-refractivity contribution in [1.82, 2.24) is 0 Å². The summed E-state index contributed by atoms with van der Waals surface area (Å²) in [5.41, 5.74) is 5.42. The van der Waals surface area contributed by atoms with Crippen LogP contribution in [0.3, 0.4) is 0 Å². The molecule has 0 radical (unpaired) electrons. The maximum absolute atomic E-state index is 11.4. The first-order chi connectivity index (χ1) is 10.1. The largest absolute Gasteiger partial charge is 0.457 e. The number of non-ortho nitro benzene ring substituents is 1. The van der Waals surface area contributed by atoms with E-state index in [1.165, 1.54) is 24.3 Å². The minimum absolute atomic E-state index is 0.0112. The summed E-state index contributed by atoms with van der Waals surface area (Å²) in [5, 5.41) is 10.5. The zero-order valence-corrected chi connectivity index (χ0v) is 10.8. The van der Waals surface area contributed by atoms with Crippen molar-refractivity contribution in [2.45, 2.75) is 0 Å². The molecule has 2 aromatic carbocycles. The van der Waals surface area contributed by atoms with Crippen molar-refractivity contribution in [2.75, 3.05) is 0 Å². The molecular weight excluding hydrogens is 274 g/mol. The number of nitrogens with zero attached hydrogens (tertiary/aromatic N) is 2. The molecule has 0 aromatic heterocycles. The van der Waals surface area contributed by atoms with Gasteiger partial charge in [-0.15, -0.1) is 0 Å². The first-order valence-electron chi connectivity index (χ1n) is 5.91. The standard InChI is InChI=1S/C14H11N3O4/c15-9-16-14(18)10-1-5-12(6-2-10)21-13-7-3-11(4-8-13)17(19)20/h1-9H,(H2,15,16,18). The Kier molecular flexibility index (Phi) is 4.25. The summed E-state index contributed by atoms with van der Waals surface area (Å²) >= 11 is 0. The first-order valence-corrected chi connectivity index (χ1v) is 5.91. The molecule has 106 valence electrons. The number of nitrogens with two attached hydrogens (primary N) is 1. The summed E-state index contributed by atoms with van der Waals surface area (Å²) in [5.74, 6) is 0.510. The van der Waals surface area contributed by atoms with Crippen LogP contribution in [0.2, 0.25) is 0 Å². The Morgan fingerprint density at radius 1 is 1.10 bits per heavy atom. The summed E-state index contributed by atoms with van der Waals surface area (Å²) in [6.07, 6.45) is 0.934. The fourth-order valence-electron chi connectivity index (χ4n) is 1.58. The van der Waals surface area contributed by atoms with Crippen LogP contribution >= 0.6 is 0 Å². The summed E-state index contributed by atoms with van der Waals surface area (Å²) < 4.78 is 5.51. The van der Waals surface area contributed by atoms with Crippen molar-refractivity contribution >= 4 is 17.9 Å². The van der Waals surface area contributed by atoms with E-state index in [0.717, 1.165) is 6.34 Å². The van der Waals surface area contributed by atoms with E-state index in [1.807, 2.05) is 0 Å². The van der Waals surface area contributed by atoms with Gasteiger partial charge in [-0.3, -0.25) is 14.9 Å². The Hall–Kier alpha value is -3.22. The summed E-state index contributed by atoms with van der Waals surface area (Å²) in [6, 6.07) is 12.0. The van der Waals surface area contributed by atoms with Gasteiger partial charge in [-0.05, 0) is 36.4 Å². The second-order valence-electron chi connectivity index (χ2n) is 3.96. The Morgan fingerprint density at radius 3 is 2.10 bits per heavy atom. The smallest absolute Gasteiger partial charge is 0.278 e. The van der Waals surface area contributed by atoms with Crippen molar-refractivity contribution in [2.24, 2.45) is 10.7 Å². The van der Waals surface area contributed by atoms with E-state index >= 15 is 0 Å². The molecule has 0 atom stereocenters. The normalized spacial score (nSPS) is 10.5. The predicted octanol–water partition coefficient (Wildman–Crippen LogP) is 2.51. The van der Waals surface area contributed by atoms with E-state index < -0.39 is 10.8 Å². The van der Waals surface area contributed by atoms with Crippen molar-refractivity contribution in [1.29, 1.82) is 0 Å². The molecular formula is C14H11N3O4. The molecule has 0 aliphatic carbocycles. The third-order valence-corrected chi connectivity index (χ3v) is 2.58. The lowest BCUT2D eigenvalue weighted by Gasteiger charge is -2.05. The average molecular weight is 285 g/mol. The highest BCUT2D eigenvalue weighted by molar-refractivity contribution is 5.98. The second-order valence-corrected chi connectivity index (χ2v) is 3.96. The molecule has 21 heavy (non-hydrogen) atoms. The van der Waals surface area contributed by atoms with Crippen LogP contribution in [0.25, 0.3) is 0 Å². The minimum Gasteiger partial charge on any atom is -0.457 e. The third-order valence-electron chi connectivity index (χ3n) is 2.58. The highest BCUT2D eigenvalue weighted by atomic mass is 16.6. The lowest BCUT2D eigenvalue weighted by atomic mass is 10.2. The molecule has 1 amide bonds. The molecule has 2 aromatic rings. The molecule has 0 unspecified atom stereocenters. The molecule has 0 aliphatic rings. The van der Waals surface area contributed by atoms with Crippen LogP contribution in [0.4, 0.5) is 5.69 Å². The van der Waals surface area contributed by atoms with E-state index in [9.17, 15) is 14.9 Å². The van der Waals surface area contributed by atoms with Gasteiger partial charge in [0.2, 0.25) is 0 Å². The van der Waals surface area contributed by atoms with E-state index in [4.69, 9.17) is 10.5 Å². The zero-order valence-electron chi connectivity index (χ0n) is 10.8. The number of ether oxygens (including phenoxy) is 1. The lowest BCUT2D eigenvalue weighted by Crippen LogP contribution is -1.99. The Balaban J connectivity index is 2.09. The average Bonchev–Trinajstić information content (AvgIpc) is 2.49. The van der Waals surface area contributed by atoms with Crippen LogP contribution in [0.5, 0.6) is 11.5 Å². The molecule has 2 N–H and O–H groups in total. The quantitative estimate of drug-likeness (QED) is 0.402. The number of amides is 1. The van der Waals surface area contributed by atoms with Crippen molar-refractivity contribution in [3.8, 4) is 11.5 Å². The van der Waals surface area contributed by atoms with E-state index in [2.05, 4.69) is 4.99 Å². The fourth-order valence-corrected chi connectivity index (χ4v) is 1.58. The third kappa shape index (κ3) is 3.63. The number of hydrogen-bond acceptors (Lipinski definition) is 4. The monoisotopic (exact) mass is 285 g/mol. The zero-order chi connectivity index (χ0) is 15.2. The number of nitro groups is 1. The summed E-state index contributed by atoms with van der Waals surface area (Å²) in [7, 11) is 0. The van der Waals surface area contributed by atoms with Crippen molar-refractivity contribution in [3.05, 3.63) is 64.2 Å². The molecule has 0 saturated heterocycles. The minimum atomic E-state index is -0.484. The molecule has 0 saturated carbocycles. The van der Waals surface area contributed by atoms with Crippen LogP contribution in [-0.4, -0.2) is 17.2 Å². The van der Waals surface area contributed by atoms with Crippen LogP contribution in [0.15, 0.2) is 53.5 Å². The second kappa shape index (κ2) is 6.29. The predicted molar refractivity (Wildman–Crippen MR) is 76.6 cm³/mol.